The SMILES string of the molecule is CC(=O)Nc1ccc(C=O)cc1.COc1ccc(C=O)cc1.CSc1ccc(C=O)cc1.N#Cc1ccc(C=O)cc1.O=Cc1ccc(-c2ccccc2)cc1.O=Cc1ccc(C(F)(F)F)cc1.O=Cc1ccc(F)cc1.O=Cc1ccc(OCc2ccccc2)cc1.O=Cc1ccsc1.O=Cc1cnc2ccccc2c1. The summed E-state index contributed by atoms with van der Waals surface area (Å²) in [6.45, 7) is 1.98. The van der Waals surface area contributed by atoms with Crippen LogP contribution in [0.5, 0.6) is 11.5 Å². The number of nitriles is 1. The maximum Gasteiger partial charge on any atom is 0.416 e. The number of carbonyl (C=O) groups is 11. The average molecular weight is 1540 g/mol. The number of aldehydes is 10. The fourth-order valence-electron chi connectivity index (χ4n) is 8.40. The van der Waals surface area contributed by atoms with Crippen molar-refractivity contribution in [3.05, 3.63) is 386 Å². The molecule has 1 N–H and O–H groups in total. The van der Waals surface area contributed by atoms with Crippen LogP contribution in [0.15, 0.2) is 313 Å². The smallest absolute Gasteiger partial charge is 0.416 e. The fourth-order valence-corrected chi connectivity index (χ4v) is 9.42. The highest BCUT2D eigenvalue weighted by atomic mass is 32.2. The zero-order valence-electron chi connectivity index (χ0n) is 60.5. The number of para-hydroxylation sites is 1. The second kappa shape index (κ2) is 52.8. The Balaban J connectivity index is 0.000000264. The van der Waals surface area contributed by atoms with Crippen LogP contribution in [-0.4, -0.2) is 87.1 Å². The molecule has 112 heavy (non-hydrogen) atoms. The molecule has 0 aliphatic carbocycles. The second-order valence-electron chi connectivity index (χ2n) is 22.3. The Morgan fingerprint density at radius 3 is 1.27 bits per heavy atom. The van der Waals surface area contributed by atoms with E-state index in [1.165, 1.54) is 53.0 Å². The average Bonchev–Trinajstić information content (AvgIpc) is 1.65. The van der Waals surface area contributed by atoms with Gasteiger partial charge in [0.25, 0.3) is 0 Å². The number of ether oxygens (including phenoxy) is 2. The van der Waals surface area contributed by atoms with E-state index in [-0.39, 0.29) is 17.3 Å². The summed E-state index contributed by atoms with van der Waals surface area (Å²) in [6.07, 6.45) is 6.93. The number of hydrogen-bond acceptors (Lipinski definition) is 17. The third-order valence-corrected chi connectivity index (χ3v) is 15.7. The molecule has 0 spiro atoms. The van der Waals surface area contributed by atoms with Gasteiger partial charge < -0.3 is 14.8 Å². The van der Waals surface area contributed by atoms with Crippen LogP contribution < -0.4 is 14.8 Å². The highest BCUT2D eigenvalue weighted by molar-refractivity contribution is 7.98. The molecule has 2 aromatic heterocycles. The van der Waals surface area contributed by atoms with Crippen LogP contribution in [0.25, 0.3) is 22.0 Å². The number of thioether (sulfide) groups is 1. The first-order chi connectivity index (χ1) is 54.3. The maximum absolute atomic E-state index is 12.1. The minimum absolute atomic E-state index is 0.117. The van der Waals surface area contributed by atoms with Gasteiger partial charge in [0.2, 0.25) is 5.91 Å². The highest BCUT2D eigenvalue weighted by Gasteiger charge is 2.29. The number of amides is 1. The lowest BCUT2D eigenvalue weighted by molar-refractivity contribution is -0.137. The number of nitrogens with one attached hydrogen (secondary N) is 1. The largest absolute Gasteiger partial charge is 0.497 e. The molecule has 0 aliphatic rings. The number of aromatic nitrogens is 1. The van der Waals surface area contributed by atoms with Crippen molar-refractivity contribution in [3.8, 4) is 28.7 Å². The molecular formula is C90H73F4N3O13S2. The standard InChI is InChI=1S/C14H12O2.C13H10O.C10H7NO.C9H9NO2.C8H5F3O.C8H5NO.C8H8O2.C8H8OS.C7H5FO.C5H4OS/c15-10-12-6-8-14(9-7-12)16-11-13-4-2-1-3-5-13;14-10-11-6-8-13(9-7-11)12-4-2-1-3-5-12;12-7-8-5-9-3-1-2-4-10(9)11-6-8;1-7(12)10-9-4-2-8(6-11)3-5-9;9-8(10,11)7-3-1-6(5-12)2-4-7;9-5-7-1-3-8(6-10)4-2-7;2*1-10-8-4-2-7(6-9)3-5-8;8-7-3-1-6(5-9)2-4-7;6-3-5-1-2-7-4-5/h1-10H,11H2;1-10H;1-7H;2-6H,1H3,(H,10,12);1-5H;1-4,6H;2*2-6H,1H3;1-5H;1-4H. The van der Waals surface area contributed by atoms with Crippen molar-refractivity contribution < 1.29 is 79.8 Å². The number of benzene rings is 11. The molecule has 566 valence electrons. The molecule has 0 unspecified atom stereocenters. The Bertz CT molecular complexity index is 4950. The fraction of sp³-hybridized carbons (Fsp3) is 0.0556. The molecule has 0 radical (unpaired) electrons. The summed E-state index contributed by atoms with van der Waals surface area (Å²) in [6, 6.07) is 85.0. The van der Waals surface area contributed by atoms with Gasteiger partial charge in [0.05, 0.1) is 29.8 Å². The van der Waals surface area contributed by atoms with Crippen molar-refractivity contribution in [2.45, 2.75) is 24.6 Å². The summed E-state index contributed by atoms with van der Waals surface area (Å²) in [5.74, 6) is 1.11. The minimum Gasteiger partial charge on any atom is -0.497 e. The zero-order chi connectivity index (χ0) is 81.6. The van der Waals surface area contributed by atoms with Gasteiger partial charge in [-0.3, -0.25) is 57.7 Å². The Labute approximate surface area is 653 Å². The van der Waals surface area contributed by atoms with E-state index in [0.717, 1.165) is 119 Å². The topological polar surface area (TPSA) is 255 Å². The first kappa shape index (κ1) is 90.3. The third-order valence-electron chi connectivity index (χ3n) is 14.3. The monoisotopic (exact) mass is 1540 g/mol. The van der Waals surface area contributed by atoms with Crippen molar-refractivity contribution in [3.63, 3.8) is 0 Å². The van der Waals surface area contributed by atoms with Gasteiger partial charge >= 0.3 is 6.18 Å². The Morgan fingerprint density at radius 1 is 0.464 bits per heavy atom. The first-order valence-corrected chi connectivity index (χ1v) is 35.4. The number of thiophene rings is 1. The van der Waals surface area contributed by atoms with Crippen LogP contribution in [0.1, 0.15) is 127 Å². The van der Waals surface area contributed by atoms with Gasteiger partial charge in [-0.25, -0.2) is 4.39 Å². The number of methoxy groups -OCH3 is 1. The number of alkyl halides is 3. The van der Waals surface area contributed by atoms with Crippen LogP contribution in [0.4, 0.5) is 23.2 Å². The number of anilines is 1. The van der Waals surface area contributed by atoms with Crippen molar-refractivity contribution in [2.75, 3.05) is 18.7 Å². The lowest BCUT2D eigenvalue weighted by Crippen LogP contribution is -2.05. The van der Waals surface area contributed by atoms with Crippen molar-refractivity contribution >= 4 is 108 Å². The van der Waals surface area contributed by atoms with E-state index < -0.39 is 11.7 Å². The van der Waals surface area contributed by atoms with Crippen molar-refractivity contribution in [2.24, 2.45) is 0 Å². The minimum atomic E-state index is -4.33. The third kappa shape index (κ3) is 36.4. The quantitative estimate of drug-likeness (QED) is 0.0505. The normalized spacial score (nSPS) is 9.48. The lowest BCUT2D eigenvalue weighted by Gasteiger charge is -2.05. The van der Waals surface area contributed by atoms with E-state index in [2.05, 4.69) is 22.4 Å². The van der Waals surface area contributed by atoms with Crippen LogP contribution in [0, 0.1) is 17.1 Å². The van der Waals surface area contributed by atoms with Gasteiger partial charge in [0, 0.05) is 90.1 Å². The molecule has 0 atom stereocenters. The van der Waals surface area contributed by atoms with Crippen molar-refractivity contribution in [1.29, 1.82) is 5.26 Å². The summed E-state index contributed by atoms with van der Waals surface area (Å²) in [5, 5.41) is 15.7. The van der Waals surface area contributed by atoms with Crippen molar-refractivity contribution in [1.82, 2.24) is 4.98 Å². The van der Waals surface area contributed by atoms with E-state index in [1.807, 2.05) is 150 Å². The molecule has 0 saturated carbocycles. The first-order valence-electron chi connectivity index (χ1n) is 33.2. The lowest BCUT2D eigenvalue weighted by atomic mass is 10.0. The van der Waals surface area contributed by atoms with E-state index in [9.17, 15) is 70.3 Å². The summed E-state index contributed by atoms with van der Waals surface area (Å²) >= 11 is 3.20. The molecule has 13 rings (SSSR count). The number of fused-ring (bicyclic) bond motifs is 1. The van der Waals surface area contributed by atoms with Gasteiger partial charge in [-0.05, 0) is 180 Å². The molecule has 11 aromatic carbocycles. The predicted octanol–water partition coefficient (Wildman–Crippen LogP) is 20.6. The second-order valence-corrected chi connectivity index (χ2v) is 23.9. The molecule has 0 saturated heterocycles. The van der Waals surface area contributed by atoms with Gasteiger partial charge in [-0.15, -0.1) is 11.8 Å². The Kier molecular flexibility index (Phi) is 42.5. The number of pyridine rings is 1. The summed E-state index contributed by atoms with van der Waals surface area (Å²) in [5.41, 5.74) is 11.0. The number of rotatable bonds is 17. The number of nitrogens with zero attached hydrogens (tertiary/aromatic N) is 2. The summed E-state index contributed by atoms with van der Waals surface area (Å²) in [7, 11) is 1.59. The van der Waals surface area contributed by atoms with E-state index in [0.29, 0.717) is 69.4 Å². The Hall–Kier alpha value is -14.1. The number of carbonyl (C=O) groups excluding carboxylic acids is 11. The molecule has 0 bridgehead atoms. The predicted molar refractivity (Wildman–Crippen MR) is 430 cm³/mol. The van der Waals surface area contributed by atoms with Crippen LogP contribution >= 0.6 is 23.1 Å². The maximum atomic E-state index is 12.1. The highest BCUT2D eigenvalue weighted by Crippen LogP contribution is 2.29. The molecule has 13 aromatic rings. The zero-order valence-corrected chi connectivity index (χ0v) is 62.1. The van der Waals surface area contributed by atoms with Gasteiger partial charge in [-0.1, -0.05) is 140 Å². The molecule has 16 nitrogen and oxygen atoms in total. The molecular weight excluding hydrogens is 1470 g/mol. The van der Waals surface area contributed by atoms with Crippen LogP contribution in [0.2, 0.25) is 0 Å². The van der Waals surface area contributed by atoms with Crippen LogP contribution in [0.3, 0.4) is 0 Å². The molecule has 2 heterocycles. The Morgan fingerprint density at radius 2 is 0.857 bits per heavy atom. The van der Waals surface area contributed by atoms with Gasteiger partial charge in [0.1, 0.15) is 74.2 Å². The number of halogens is 4. The number of hydrogen-bond donors (Lipinski definition) is 1. The summed E-state index contributed by atoms with van der Waals surface area (Å²) in [4.78, 5) is 118. The molecule has 0 aliphatic heterocycles. The molecule has 1 amide bonds. The van der Waals surface area contributed by atoms with E-state index >= 15 is 0 Å². The van der Waals surface area contributed by atoms with Gasteiger partial charge in [-0.2, -0.15) is 29.8 Å². The molecule has 22 heteroatoms. The van der Waals surface area contributed by atoms with E-state index in [1.54, 1.807) is 128 Å². The van der Waals surface area contributed by atoms with E-state index in [4.69, 9.17) is 14.7 Å². The van der Waals surface area contributed by atoms with Gasteiger partial charge in [0.15, 0.2) is 12.6 Å². The summed E-state index contributed by atoms with van der Waals surface area (Å²) < 4.78 is 58.4. The molecule has 0 fully saturated rings. The van der Waals surface area contributed by atoms with Crippen LogP contribution in [-0.2, 0) is 17.6 Å².